The number of nitrogens with zero attached hydrogens (tertiary/aromatic N) is 4. The number of carbonyl (C=O) groups is 1. The molecule has 36 heavy (non-hydrogen) atoms. The number of pyridine rings is 1. The summed E-state index contributed by atoms with van der Waals surface area (Å²) in [7, 11) is 0. The molecule has 2 fully saturated rings. The fourth-order valence-electron chi connectivity index (χ4n) is 5.15. The van der Waals surface area contributed by atoms with Gasteiger partial charge in [-0.05, 0) is 74.2 Å². The fraction of sp³-hybridized carbons (Fsp3) is 0.370. The van der Waals surface area contributed by atoms with E-state index in [0.717, 1.165) is 78.2 Å². The molecule has 2 aromatic carbocycles. The lowest BCUT2D eigenvalue weighted by Gasteiger charge is -2.32. The number of amides is 1. The maximum Gasteiger partial charge on any atom is 0.223 e. The molecule has 2 aliphatic heterocycles. The van der Waals surface area contributed by atoms with E-state index in [1.54, 1.807) is 0 Å². The zero-order valence-electron chi connectivity index (χ0n) is 20.0. The number of halogens is 2. The molecule has 186 valence electrons. The second-order valence-electron chi connectivity index (χ2n) is 9.67. The maximum absolute atomic E-state index is 12.8. The lowest BCUT2D eigenvalue weighted by atomic mass is 9.95. The van der Waals surface area contributed by atoms with E-state index in [4.69, 9.17) is 37.9 Å². The third-order valence-electron chi connectivity index (χ3n) is 7.21. The molecule has 0 bridgehead atoms. The lowest BCUT2D eigenvalue weighted by Crippen LogP contribution is -2.44. The molecule has 0 radical (unpaired) electrons. The minimum absolute atomic E-state index is 0.0000837. The van der Waals surface area contributed by atoms with E-state index in [0.29, 0.717) is 16.7 Å². The van der Waals surface area contributed by atoms with Crippen molar-refractivity contribution in [3.8, 4) is 5.82 Å². The van der Waals surface area contributed by atoms with E-state index in [-0.39, 0.29) is 17.9 Å². The highest BCUT2D eigenvalue weighted by atomic mass is 35.5. The van der Waals surface area contributed by atoms with Gasteiger partial charge in [-0.3, -0.25) is 9.36 Å². The Morgan fingerprint density at radius 2 is 1.86 bits per heavy atom. The molecule has 0 saturated carbocycles. The van der Waals surface area contributed by atoms with Crippen molar-refractivity contribution in [1.29, 1.82) is 0 Å². The molecule has 2 aliphatic rings. The number of imidazole rings is 1. The highest BCUT2D eigenvalue weighted by Crippen LogP contribution is 2.33. The zero-order chi connectivity index (χ0) is 24.8. The van der Waals surface area contributed by atoms with Crippen molar-refractivity contribution in [2.45, 2.75) is 32.2 Å². The first-order valence-electron chi connectivity index (χ1n) is 12.3. The number of fused-ring (bicyclic) bond motifs is 2. The number of nitrogens with one attached hydrogen (secondary N) is 1. The predicted molar refractivity (Wildman–Crippen MR) is 143 cm³/mol. The van der Waals surface area contributed by atoms with Crippen LogP contribution in [0.5, 0.6) is 0 Å². The summed E-state index contributed by atoms with van der Waals surface area (Å²) in [6.07, 6.45) is 2.43. The molecule has 1 amide bonds. The first-order valence-corrected chi connectivity index (χ1v) is 13.1. The number of benzene rings is 2. The van der Waals surface area contributed by atoms with Gasteiger partial charge in [0, 0.05) is 41.0 Å². The van der Waals surface area contributed by atoms with E-state index in [1.165, 1.54) is 0 Å². The van der Waals surface area contributed by atoms with Crippen molar-refractivity contribution in [1.82, 2.24) is 19.9 Å². The Labute approximate surface area is 219 Å². The Morgan fingerprint density at radius 3 is 2.64 bits per heavy atom. The molecule has 0 spiro atoms. The van der Waals surface area contributed by atoms with Crippen LogP contribution < -0.4 is 10.2 Å². The molecule has 1 N–H and O–H groups in total. The minimum Gasteiger partial charge on any atom is -0.379 e. The van der Waals surface area contributed by atoms with Crippen molar-refractivity contribution in [3.63, 3.8) is 0 Å². The van der Waals surface area contributed by atoms with Gasteiger partial charge in [0.25, 0.3) is 0 Å². The molecule has 1 atom stereocenters. The van der Waals surface area contributed by atoms with Crippen LogP contribution in [0.1, 0.15) is 24.8 Å². The van der Waals surface area contributed by atoms with Crippen LogP contribution >= 0.6 is 23.2 Å². The largest absolute Gasteiger partial charge is 0.379 e. The maximum atomic E-state index is 12.8. The number of hydrogen-bond donors (Lipinski definition) is 1. The summed E-state index contributed by atoms with van der Waals surface area (Å²) >= 11 is 12.7. The van der Waals surface area contributed by atoms with Gasteiger partial charge in [-0.2, -0.15) is 0 Å². The molecular formula is C27H27Cl2N5O2. The monoisotopic (exact) mass is 523 g/mol. The van der Waals surface area contributed by atoms with Gasteiger partial charge < -0.3 is 15.0 Å². The van der Waals surface area contributed by atoms with Crippen LogP contribution in [0.15, 0.2) is 42.5 Å². The quantitative estimate of drug-likeness (QED) is 0.392. The number of rotatable bonds is 4. The smallest absolute Gasteiger partial charge is 0.223 e. The molecule has 4 aromatic rings. The molecular weight excluding hydrogens is 497 g/mol. The van der Waals surface area contributed by atoms with E-state index in [1.807, 2.05) is 49.4 Å². The van der Waals surface area contributed by atoms with Crippen molar-refractivity contribution >= 4 is 57.0 Å². The zero-order valence-corrected chi connectivity index (χ0v) is 21.5. The van der Waals surface area contributed by atoms with E-state index in [2.05, 4.69) is 14.8 Å². The van der Waals surface area contributed by atoms with Crippen molar-refractivity contribution < 1.29 is 9.53 Å². The molecule has 6 rings (SSSR count). The summed E-state index contributed by atoms with van der Waals surface area (Å²) in [5, 5.41) is 5.51. The second kappa shape index (κ2) is 9.54. The Morgan fingerprint density at radius 1 is 1.03 bits per heavy atom. The first-order chi connectivity index (χ1) is 17.5. The van der Waals surface area contributed by atoms with Crippen LogP contribution in [0.2, 0.25) is 10.0 Å². The lowest BCUT2D eigenvalue weighted by molar-refractivity contribution is -0.126. The summed E-state index contributed by atoms with van der Waals surface area (Å²) in [5.74, 6) is 1.72. The predicted octanol–water partition coefficient (Wildman–Crippen LogP) is 5.31. The Hall–Kier alpha value is -2.87. The van der Waals surface area contributed by atoms with Gasteiger partial charge in [-0.15, -0.1) is 0 Å². The van der Waals surface area contributed by atoms with E-state index >= 15 is 0 Å². The van der Waals surface area contributed by atoms with Crippen LogP contribution in [0.3, 0.4) is 0 Å². The molecule has 2 aromatic heterocycles. The Kier molecular flexibility index (Phi) is 6.23. The highest BCUT2D eigenvalue weighted by Gasteiger charge is 2.30. The molecule has 4 heterocycles. The molecule has 7 nitrogen and oxygen atoms in total. The highest BCUT2D eigenvalue weighted by molar-refractivity contribution is 6.32. The van der Waals surface area contributed by atoms with Gasteiger partial charge >= 0.3 is 0 Å². The van der Waals surface area contributed by atoms with Crippen molar-refractivity contribution in [3.05, 3.63) is 58.1 Å². The molecule has 1 unspecified atom stereocenters. The number of aromatic nitrogens is 3. The molecule has 2 saturated heterocycles. The Balaban J connectivity index is 1.33. The summed E-state index contributed by atoms with van der Waals surface area (Å²) < 4.78 is 7.47. The van der Waals surface area contributed by atoms with Crippen LogP contribution in [-0.4, -0.2) is 52.8 Å². The average Bonchev–Trinajstić information content (AvgIpc) is 3.52. The summed E-state index contributed by atoms with van der Waals surface area (Å²) in [4.78, 5) is 25.0. The number of anilines is 1. The van der Waals surface area contributed by atoms with Crippen LogP contribution in [0.25, 0.3) is 27.8 Å². The van der Waals surface area contributed by atoms with Gasteiger partial charge in [-0.1, -0.05) is 23.2 Å². The van der Waals surface area contributed by atoms with E-state index in [9.17, 15) is 4.79 Å². The normalized spacial score (nSPS) is 18.9. The van der Waals surface area contributed by atoms with Crippen LogP contribution in [-0.2, 0) is 9.53 Å². The Bertz CT molecular complexity index is 1460. The van der Waals surface area contributed by atoms with Crippen LogP contribution in [0.4, 0.5) is 5.95 Å². The third kappa shape index (κ3) is 4.40. The number of ether oxygens (including phenoxy) is 1. The number of hydrogen-bond acceptors (Lipinski definition) is 5. The number of aryl methyl sites for hydroxylation is 1. The molecule has 9 heteroatoms. The summed E-state index contributed by atoms with van der Waals surface area (Å²) in [5.41, 5.74) is 3.61. The number of carbonyl (C=O) groups excluding carboxylic acids is 1. The van der Waals surface area contributed by atoms with Crippen molar-refractivity contribution in [2.75, 3.05) is 31.2 Å². The summed E-state index contributed by atoms with van der Waals surface area (Å²) in [6.45, 7) is 4.79. The SMILES string of the molecule is Cc1cc2nc(N3CCC(C(=O)NC4CCOC4)CC3)n(-c3ccc4cc(Cl)ccc4n3)c2cc1Cl. The molecule has 0 aliphatic carbocycles. The van der Waals surface area contributed by atoms with Gasteiger partial charge in [-0.25, -0.2) is 9.97 Å². The summed E-state index contributed by atoms with van der Waals surface area (Å²) in [6, 6.07) is 13.8. The standard InChI is InChI=1S/C27H27Cl2N5O2/c1-16-12-23-24(14-21(16)29)34(25-5-2-18-13-19(28)3-4-22(18)31-25)27(32-23)33-9-6-17(7-10-33)26(35)30-20-8-11-36-15-20/h2-5,12-14,17,20H,6-11,15H2,1H3,(H,30,35). The van der Waals surface area contributed by atoms with Gasteiger partial charge in [0.2, 0.25) is 11.9 Å². The van der Waals surface area contributed by atoms with E-state index < -0.39 is 0 Å². The fourth-order valence-corrected chi connectivity index (χ4v) is 5.49. The second-order valence-corrected chi connectivity index (χ2v) is 10.5. The van der Waals surface area contributed by atoms with Crippen LogP contribution in [0, 0.1) is 12.8 Å². The minimum atomic E-state index is -0.0000837. The topological polar surface area (TPSA) is 72.3 Å². The third-order valence-corrected chi connectivity index (χ3v) is 7.85. The van der Waals surface area contributed by atoms with Gasteiger partial charge in [0.15, 0.2) is 0 Å². The number of piperidine rings is 1. The average molecular weight is 524 g/mol. The first kappa shape index (κ1) is 23.5. The van der Waals surface area contributed by atoms with Gasteiger partial charge in [0.05, 0.1) is 29.2 Å². The van der Waals surface area contributed by atoms with Gasteiger partial charge in [0.1, 0.15) is 5.82 Å². The van der Waals surface area contributed by atoms with Crippen molar-refractivity contribution in [2.24, 2.45) is 5.92 Å².